The van der Waals surface area contributed by atoms with Crippen LogP contribution in [0.5, 0.6) is 5.88 Å². The smallest absolute Gasteiger partial charge is 0.398 e. The maximum atomic E-state index is 11.9. The molecule has 0 saturated carbocycles. The molecule has 86 valence electrons. The van der Waals surface area contributed by atoms with Gasteiger partial charge in [-0.25, -0.2) is 4.98 Å². The van der Waals surface area contributed by atoms with E-state index in [-0.39, 0.29) is 23.5 Å². The molecule has 1 heterocycles. The lowest BCUT2D eigenvalue weighted by Crippen LogP contribution is -2.19. The molecule has 0 amide bonds. The number of hydrogen-bond acceptors (Lipinski definition) is 5. The number of nitriles is 1. The monoisotopic (exact) mass is 232 g/mol. The second-order valence-corrected chi connectivity index (χ2v) is 2.74. The summed E-state index contributed by atoms with van der Waals surface area (Å²) in [7, 11) is 0. The molecule has 5 nitrogen and oxygen atoms in total. The minimum absolute atomic E-state index is 0.0618. The van der Waals surface area contributed by atoms with Crippen molar-refractivity contribution in [1.29, 1.82) is 5.26 Å². The molecule has 0 aromatic carbocycles. The summed E-state index contributed by atoms with van der Waals surface area (Å²) in [5.74, 6) is -0.779. The van der Waals surface area contributed by atoms with Gasteiger partial charge in [0.1, 0.15) is 6.07 Å². The van der Waals surface area contributed by atoms with Crippen molar-refractivity contribution in [3.8, 4) is 11.9 Å². The molecule has 0 spiro atoms. The van der Waals surface area contributed by atoms with Crippen LogP contribution in [0.15, 0.2) is 6.07 Å². The van der Waals surface area contributed by atoms with Crippen LogP contribution in [0.1, 0.15) is 11.3 Å². The predicted octanol–water partition coefficient (Wildman–Crippen LogP) is 0.893. The van der Waals surface area contributed by atoms with Crippen LogP contribution in [-0.2, 0) is 6.54 Å². The first-order valence-corrected chi connectivity index (χ1v) is 4.02. The summed E-state index contributed by atoms with van der Waals surface area (Å²) in [6, 6.07) is 2.47. The summed E-state index contributed by atoms with van der Waals surface area (Å²) in [5, 5.41) is 8.64. The number of alkyl halides is 3. The normalized spacial score (nSPS) is 10.9. The highest BCUT2D eigenvalue weighted by Crippen LogP contribution is 2.25. The molecule has 0 aliphatic carbocycles. The van der Waals surface area contributed by atoms with Gasteiger partial charge < -0.3 is 16.2 Å². The minimum atomic E-state index is -4.88. The molecule has 1 aromatic heterocycles. The average Bonchev–Trinajstić information content (AvgIpc) is 2.14. The van der Waals surface area contributed by atoms with Crippen LogP contribution >= 0.6 is 0 Å². The molecule has 1 aromatic rings. The summed E-state index contributed by atoms with van der Waals surface area (Å²) in [6.07, 6.45) is -4.88. The van der Waals surface area contributed by atoms with Gasteiger partial charge in [-0.15, -0.1) is 13.2 Å². The highest BCUT2D eigenvalue weighted by molar-refractivity contribution is 5.54. The lowest BCUT2D eigenvalue weighted by atomic mass is 10.1. The van der Waals surface area contributed by atoms with Gasteiger partial charge in [-0.05, 0) is 0 Å². The first-order chi connectivity index (χ1) is 7.37. The van der Waals surface area contributed by atoms with E-state index in [1.54, 1.807) is 6.07 Å². The number of hydrogen-bond donors (Lipinski definition) is 2. The van der Waals surface area contributed by atoms with Crippen molar-refractivity contribution in [3.63, 3.8) is 0 Å². The number of anilines is 1. The SMILES string of the molecule is N#Cc1nc(OC(F)(F)F)cc(N)c1CN. The molecule has 0 aliphatic rings. The number of ether oxygens (including phenoxy) is 1. The third-order valence-electron chi connectivity index (χ3n) is 1.67. The van der Waals surface area contributed by atoms with E-state index >= 15 is 0 Å². The van der Waals surface area contributed by atoms with E-state index in [0.29, 0.717) is 0 Å². The molecular weight excluding hydrogens is 225 g/mol. The average molecular weight is 232 g/mol. The molecule has 4 N–H and O–H groups in total. The van der Waals surface area contributed by atoms with Crippen molar-refractivity contribution < 1.29 is 17.9 Å². The van der Waals surface area contributed by atoms with Gasteiger partial charge >= 0.3 is 6.36 Å². The zero-order chi connectivity index (χ0) is 12.3. The summed E-state index contributed by atoms with van der Waals surface area (Å²) in [4.78, 5) is 3.34. The molecule has 0 aliphatic heterocycles. The van der Waals surface area contributed by atoms with Gasteiger partial charge in [0.05, 0.1) is 0 Å². The summed E-state index contributed by atoms with van der Waals surface area (Å²) in [6.45, 7) is -0.0893. The largest absolute Gasteiger partial charge is 0.574 e. The second kappa shape index (κ2) is 4.24. The zero-order valence-corrected chi connectivity index (χ0v) is 7.88. The van der Waals surface area contributed by atoms with Crippen LogP contribution in [0.25, 0.3) is 0 Å². The Balaban J connectivity index is 3.17. The van der Waals surface area contributed by atoms with E-state index < -0.39 is 12.2 Å². The van der Waals surface area contributed by atoms with Gasteiger partial charge in [-0.1, -0.05) is 0 Å². The highest BCUT2D eigenvalue weighted by Gasteiger charge is 2.32. The Labute approximate surface area is 88.4 Å². The van der Waals surface area contributed by atoms with E-state index in [1.165, 1.54) is 0 Å². The van der Waals surface area contributed by atoms with Crippen molar-refractivity contribution in [3.05, 3.63) is 17.3 Å². The Kier molecular flexibility index (Phi) is 3.20. The van der Waals surface area contributed by atoms with Gasteiger partial charge in [0.15, 0.2) is 5.69 Å². The summed E-state index contributed by atoms with van der Waals surface area (Å²) >= 11 is 0. The van der Waals surface area contributed by atoms with Crippen LogP contribution in [0.4, 0.5) is 18.9 Å². The van der Waals surface area contributed by atoms with Crippen LogP contribution in [0.2, 0.25) is 0 Å². The van der Waals surface area contributed by atoms with E-state index in [4.69, 9.17) is 16.7 Å². The van der Waals surface area contributed by atoms with Crippen molar-refractivity contribution in [2.45, 2.75) is 12.9 Å². The van der Waals surface area contributed by atoms with Crippen LogP contribution in [0, 0.1) is 11.3 Å². The van der Waals surface area contributed by atoms with Crippen LogP contribution in [-0.4, -0.2) is 11.3 Å². The summed E-state index contributed by atoms with van der Waals surface area (Å²) < 4.78 is 39.2. The number of nitrogen functional groups attached to an aromatic ring is 1. The number of nitrogens with two attached hydrogens (primary N) is 2. The number of aromatic nitrogens is 1. The fourth-order valence-electron chi connectivity index (χ4n) is 1.04. The van der Waals surface area contributed by atoms with Crippen molar-refractivity contribution >= 4 is 5.69 Å². The molecule has 0 bridgehead atoms. The van der Waals surface area contributed by atoms with Crippen molar-refractivity contribution in [2.75, 3.05) is 5.73 Å². The number of rotatable bonds is 2. The van der Waals surface area contributed by atoms with E-state index in [9.17, 15) is 13.2 Å². The summed E-state index contributed by atoms with van der Waals surface area (Å²) in [5.41, 5.74) is 10.5. The van der Waals surface area contributed by atoms with Gasteiger partial charge in [0.2, 0.25) is 5.88 Å². The van der Waals surface area contributed by atoms with Crippen LogP contribution in [0.3, 0.4) is 0 Å². The molecule has 0 unspecified atom stereocenters. The highest BCUT2D eigenvalue weighted by atomic mass is 19.4. The number of pyridine rings is 1. The lowest BCUT2D eigenvalue weighted by Gasteiger charge is -2.10. The zero-order valence-electron chi connectivity index (χ0n) is 7.88. The maximum absolute atomic E-state index is 11.9. The molecule has 0 saturated heterocycles. The Bertz CT molecular complexity index is 438. The van der Waals surface area contributed by atoms with Crippen molar-refractivity contribution in [2.24, 2.45) is 5.73 Å². The predicted molar refractivity (Wildman–Crippen MR) is 47.9 cm³/mol. The number of nitrogens with zero attached hydrogens (tertiary/aromatic N) is 2. The third-order valence-corrected chi connectivity index (χ3v) is 1.67. The minimum Gasteiger partial charge on any atom is -0.398 e. The number of halogens is 3. The standard InChI is InChI=1S/C8H7F3N4O/c9-8(10,11)16-7-1-5(14)4(2-12)6(3-13)15-7/h1H,2,12H2,(H2,14,15). The van der Waals surface area contributed by atoms with E-state index in [2.05, 4.69) is 9.72 Å². The molecule has 0 radical (unpaired) electrons. The van der Waals surface area contributed by atoms with Crippen LogP contribution < -0.4 is 16.2 Å². The molecule has 0 fully saturated rings. The first kappa shape index (κ1) is 12.1. The Morgan fingerprint density at radius 2 is 2.12 bits per heavy atom. The second-order valence-electron chi connectivity index (χ2n) is 2.74. The quantitative estimate of drug-likeness (QED) is 0.789. The third kappa shape index (κ3) is 2.74. The van der Waals surface area contributed by atoms with Gasteiger partial charge in [0, 0.05) is 23.9 Å². The van der Waals surface area contributed by atoms with Gasteiger partial charge in [-0.3, -0.25) is 0 Å². The van der Waals surface area contributed by atoms with Gasteiger partial charge in [-0.2, -0.15) is 5.26 Å². The first-order valence-electron chi connectivity index (χ1n) is 4.02. The fourth-order valence-corrected chi connectivity index (χ4v) is 1.04. The Hall–Kier alpha value is -2.01. The topological polar surface area (TPSA) is 97.9 Å². The maximum Gasteiger partial charge on any atom is 0.574 e. The lowest BCUT2D eigenvalue weighted by molar-refractivity contribution is -0.276. The molecule has 0 atom stereocenters. The van der Waals surface area contributed by atoms with Gasteiger partial charge in [0.25, 0.3) is 0 Å². The molecule has 1 rings (SSSR count). The molecule has 8 heteroatoms. The molecule has 16 heavy (non-hydrogen) atoms. The Morgan fingerprint density at radius 1 is 1.50 bits per heavy atom. The van der Waals surface area contributed by atoms with Crippen molar-refractivity contribution in [1.82, 2.24) is 4.98 Å². The van der Waals surface area contributed by atoms with E-state index in [0.717, 1.165) is 6.07 Å². The van der Waals surface area contributed by atoms with E-state index in [1.807, 2.05) is 0 Å². The molecular formula is C8H7F3N4O. The Morgan fingerprint density at radius 3 is 2.56 bits per heavy atom. The fraction of sp³-hybridized carbons (Fsp3) is 0.250.